The fourth-order valence-electron chi connectivity index (χ4n) is 7.92. The number of unbranched alkanes of at least 4 members (excludes halogenated alkanes) is 1. The van der Waals surface area contributed by atoms with Gasteiger partial charge in [0, 0.05) is 36.7 Å². The number of phenolic OH excluding ortho intramolecular Hbond substituents is 1. The molecule has 5 aromatic rings. The predicted molar refractivity (Wildman–Crippen MR) is 206 cm³/mol. The smallest absolute Gasteiger partial charge is 0.408 e. The fraction of sp³-hybridized carbons (Fsp3) is 0.357. The van der Waals surface area contributed by atoms with Gasteiger partial charge >= 0.3 is 6.09 Å². The van der Waals surface area contributed by atoms with Gasteiger partial charge in [0.05, 0.1) is 30.0 Å². The summed E-state index contributed by atoms with van der Waals surface area (Å²) < 4.78 is 11.7. The monoisotopic (exact) mass is 749 g/mol. The summed E-state index contributed by atoms with van der Waals surface area (Å²) in [7, 11) is 0. The molecule has 55 heavy (non-hydrogen) atoms. The molecule has 3 aliphatic heterocycles. The van der Waals surface area contributed by atoms with Crippen molar-refractivity contribution in [1.29, 1.82) is 0 Å². The minimum atomic E-state index is -0.934. The molecule has 0 radical (unpaired) electrons. The average Bonchev–Trinajstić information content (AvgIpc) is 3.69. The van der Waals surface area contributed by atoms with E-state index >= 15 is 0 Å². The summed E-state index contributed by atoms with van der Waals surface area (Å²) in [6, 6.07) is 24.4. The lowest BCUT2D eigenvalue weighted by molar-refractivity contribution is -0.000814. The predicted octanol–water partition coefficient (Wildman–Crippen LogP) is 5.40. The van der Waals surface area contributed by atoms with E-state index in [9.17, 15) is 29.7 Å². The number of aromatic hydroxyl groups is 1. The van der Waals surface area contributed by atoms with Gasteiger partial charge in [-0.25, -0.2) is 4.79 Å². The van der Waals surface area contributed by atoms with Crippen LogP contribution < -0.4 is 20.9 Å². The number of aromatic amines is 1. The van der Waals surface area contributed by atoms with Crippen LogP contribution in [0, 0.1) is 5.92 Å². The van der Waals surface area contributed by atoms with Crippen LogP contribution in [-0.4, -0.2) is 87.4 Å². The molecule has 5 heterocycles. The Hall–Kier alpha value is -5.63. The van der Waals surface area contributed by atoms with Crippen molar-refractivity contribution in [1.82, 2.24) is 25.4 Å². The number of furan rings is 1. The molecule has 8 rings (SSSR count). The van der Waals surface area contributed by atoms with Gasteiger partial charge in [-0.2, -0.15) is 0 Å². The van der Waals surface area contributed by atoms with E-state index in [2.05, 4.69) is 20.5 Å². The van der Waals surface area contributed by atoms with E-state index in [1.54, 1.807) is 23.1 Å². The molecule has 6 N–H and O–H groups in total. The number of nitrogens with zero attached hydrogens (tertiary/aromatic N) is 2. The third-order valence-corrected chi connectivity index (χ3v) is 10.7. The highest BCUT2D eigenvalue weighted by Crippen LogP contribution is 2.39. The number of rotatable bonds is 16. The number of hydrogen-bond donors (Lipinski definition) is 6. The van der Waals surface area contributed by atoms with Gasteiger partial charge in [0.15, 0.2) is 5.76 Å². The zero-order valence-electron chi connectivity index (χ0n) is 30.5. The van der Waals surface area contributed by atoms with Crippen LogP contribution in [0.3, 0.4) is 0 Å². The first-order chi connectivity index (χ1) is 26.7. The number of piperidine rings is 3. The summed E-state index contributed by atoms with van der Waals surface area (Å²) >= 11 is 0. The lowest BCUT2D eigenvalue weighted by Gasteiger charge is -2.50. The van der Waals surface area contributed by atoms with Crippen LogP contribution in [0.2, 0.25) is 0 Å². The van der Waals surface area contributed by atoms with E-state index in [4.69, 9.17) is 9.15 Å². The molecular formula is C42H47N5O8. The Bertz CT molecular complexity index is 2140. The van der Waals surface area contributed by atoms with Gasteiger partial charge in [0.25, 0.3) is 5.91 Å². The van der Waals surface area contributed by atoms with Crippen molar-refractivity contribution in [2.75, 3.05) is 39.3 Å². The van der Waals surface area contributed by atoms with Gasteiger partial charge < -0.3 is 45.0 Å². The van der Waals surface area contributed by atoms with Crippen molar-refractivity contribution in [3.63, 3.8) is 0 Å². The minimum Gasteiger partial charge on any atom is -0.506 e. The lowest BCUT2D eigenvalue weighted by Crippen LogP contribution is -2.59. The topological polar surface area (TPSA) is 181 Å². The summed E-state index contributed by atoms with van der Waals surface area (Å²) in [5.74, 6) is 0.699. The average molecular weight is 750 g/mol. The van der Waals surface area contributed by atoms with E-state index in [1.807, 2.05) is 54.6 Å². The van der Waals surface area contributed by atoms with Gasteiger partial charge in [0.1, 0.15) is 18.1 Å². The molecular weight excluding hydrogens is 702 g/mol. The van der Waals surface area contributed by atoms with Crippen molar-refractivity contribution in [3.05, 3.63) is 130 Å². The molecule has 288 valence electrons. The first-order valence-corrected chi connectivity index (χ1v) is 18.9. The number of benzene rings is 3. The SMILES string of the molecule is O=C(NCCCCNC[C@@H](O)c1ccc(O)c2[nH]c(=O)ccc12)c1cc(COc2cccc(C(c3ccccc3)N(C(=O)O)[C@H]3CN4CCC3CC4)c2)co1. The third kappa shape index (κ3) is 8.86. The number of pyridine rings is 1. The highest BCUT2D eigenvalue weighted by molar-refractivity contribution is 5.91. The number of ether oxygens (including phenoxy) is 1. The van der Waals surface area contributed by atoms with Crippen LogP contribution in [-0.2, 0) is 6.61 Å². The number of aliphatic hydroxyl groups excluding tert-OH is 1. The molecule has 13 heteroatoms. The Kier molecular flexibility index (Phi) is 11.8. The number of hydrogen-bond acceptors (Lipinski definition) is 9. The molecule has 2 aromatic heterocycles. The number of amides is 2. The molecule has 0 saturated carbocycles. The normalized spacial score (nSPS) is 18.8. The van der Waals surface area contributed by atoms with Crippen molar-refractivity contribution in [2.24, 2.45) is 5.92 Å². The molecule has 0 spiro atoms. The van der Waals surface area contributed by atoms with Crippen LogP contribution in [0.1, 0.15) is 70.6 Å². The second-order valence-corrected chi connectivity index (χ2v) is 14.4. The maximum absolute atomic E-state index is 13.0. The second-order valence-electron chi connectivity index (χ2n) is 14.4. The Morgan fingerprint density at radius 3 is 2.51 bits per heavy atom. The number of fused-ring (bicyclic) bond motifs is 4. The van der Waals surface area contributed by atoms with Crippen LogP contribution in [0.5, 0.6) is 11.5 Å². The van der Waals surface area contributed by atoms with Gasteiger partial charge in [-0.1, -0.05) is 48.5 Å². The fourth-order valence-corrected chi connectivity index (χ4v) is 7.92. The van der Waals surface area contributed by atoms with Crippen LogP contribution in [0.25, 0.3) is 10.9 Å². The molecule has 1 unspecified atom stereocenters. The minimum absolute atomic E-state index is 0.0572. The molecule has 0 aliphatic carbocycles. The number of carboxylic acid groups (broad SMARTS) is 1. The molecule has 13 nitrogen and oxygen atoms in total. The van der Waals surface area contributed by atoms with Gasteiger partial charge in [0.2, 0.25) is 5.56 Å². The Morgan fingerprint density at radius 1 is 0.964 bits per heavy atom. The van der Waals surface area contributed by atoms with E-state index in [-0.39, 0.29) is 42.2 Å². The maximum atomic E-state index is 13.0. The Labute approximate surface area is 318 Å². The third-order valence-electron chi connectivity index (χ3n) is 10.7. The number of carbonyl (C=O) groups excluding carboxylic acids is 1. The lowest BCUT2D eigenvalue weighted by atomic mass is 9.81. The summed E-state index contributed by atoms with van der Waals surface area (Å²) in [5, 5.41) is 38.1. The first-order valence-electron chi connectivity index (χ1n) is 18.9. The standard InChI is InChI=1S/C42H47N5O8/c48-35-13-11-32(33-12-14-38(50)45-39(33)35)36(49)23-43-17-4-5-18-44-41(51)37-21-27(26-55-37)25-54-31-10-6-9-30(22-31)40(29-7-2-1-3-8-29)47(42(52)53)34-24-46-19-15-28(34)16-20-46/h1-3,6-14,21-22,26,28,34,36,40,43,48-49H,4-5,15-20,23-25H2,(H,44,51)(H,45,50)(H,52,53)/t34-,36+,40?/m0/s1. The van der Waals surface area contributed by atoms with E-state index in [1.165, 1.54) is 18.4 Å². The summed E-state index contributed by atoms with van der Waals surface area (Å²) in [4.78, 5) is 44.0. The van der Waals surface area contributed by atoms with Crippen LogP contribution in [0.4, 0.5) is 4.79 Å². The van der Waals surface area contributed by atoms with Gasteiger partial charge in [-0.3, -0.25) is 14.5 Å². The van der Waals surface area contributed by atoms with Crippen molar-refractivity contribution in [3.8, 4) is 11.5 Å². The van der Waals surface area contributed by atoms with E-state index in [0.29, 0.717) is 53.2 Å². The highest BCUT2D eigenvalue weighted by atomic mass is 16.5. The number of carbonyl (C=O) groups is 2. The summed E-state index contributed by atoms with van der Waals surface area (Å²) in [6.45, 7) is 4.27. The zero-order chi connectivity index (χ0) is 38.3. The van der Waals surface area contributed by atoms with Gasteiger partial charge in [-0.05, 0) is 98.3 Å². The number of H-pyrrole nitrogens is 1. The summed E-state index contributed by atoms with van der Waals surface area (Å²) in [6.07, 6.45) is 3.18. The molecule has 3 atom stereocenters. The van der Waals surface area contributed by atoms with Crippen molar-refractivity contribution < 1.29 is 34.1 Å². The quantitative estimate of drug-likeness (QED) is 0.0715. The zero-order valence-corrected chi connectivity index (χ0v) is 30.5. The van der Waals surface area contributed by atoms with Crippen LogP contribution in [0.15, 0.2) is 100 Å². The Morgan fingerprint density at radius 2 is 1.75 bits per heavy atom. The first kappa shape index (κ1) is 37.7. The van der Waals surface area contributed by atoms with Crippen molar-refractivity contribution >= 4 is 22.9 Å². The number of aliphatic hydroxyl groups is 1. The number of phenols is 1. The molecule has 2 bridgehead atoms. The Balaban J connectivity index is 0.888. The van der Waals surface area contributed by atoms with E-state index in [0.717, 1.165) is 50.0 Å². The molecule has 3 saturated heterocycles. The number of aromatic nitrogens is 1. The number of nitrogens with one attached hydrogen (secondary N) is 3. The largest absolute Gasteiger partial charge is 0.506 e. The van der Waals surface area contributed by atoms with Crippen molar-refractivity contribution in [2.45, 2.75) is 50.5 Å². The summed E-state index contributed by atoms with van der Waals surface area (Å²) in [5.41, 5.74) is 2.96. The second kappa shape index (κ2) is 17.2. The molecule has 3 aliphatic rings. The molecule has 3 fully saturated rings. The van der Waals surface area contributed by atoms with Gasteiger partial charge in [-0.15, -0.1) is 0 Å². The highest BCUT2D eigenvalue weighted by Gasteiger charge is 2.43. The molecule has 3 aromatic carbocycles. The van der Waals surface area contributed by atoms with Crippen LogP contribution >= 0.6 is 0 Å². The molecule has 2 amide bonds. The van der Waals surface area contributed by atoms with E-state index < -0.39 is 18.2 Å². The maximum Gasteiger partial charge on any atom is 0.408 e.